The normalized spacial score (nSPS) is 18.2. The predicted molar refractivity (Wildman–Crippen MR) is 77.6 cm³/mol. The number of hydrogen-bond donors (Lipinski definition) is 1. The van der Waals surface area contributed by atoms with Crippen LogP contribution in [0.25, 0.3) is 0 Å². The summed E-state index contributed by atoms with van der Waals surface area (Å²) in [5.74, 6) is -1.05. The van der Waals surface area contributed by atoms with Crippen LogP contribution < -0.4 is 5.32 Å². The van der Waals surface area contributed by atoms with Gasteiger partial charge in [-0.05, 0) is 35.0 Å². The summed E-state index contributed by atoms with van der Waals surface area (Å²) in [6.45, 7) is 6.37. The quantitative estimate of drug-likeness (QED) is 0.827. The molecular formula is C14H19BrF2N2O. The molecule has 0 aliphatic carbocycles. The monoisotopic (exact) mass is 348 g/mol. The van der Waals surface area contributed by atoms with Crippen molar-refractivity contribution in [3.8, 4) is 0 Å². The molecule has 3 nitrogen and oxygen atoms in total. The fraction of sp³-hybridized carbons (Fsp3) is 0.571. The second kappa shape index (κ2) is 7.45. The third-order valence-electron chi connectivity index (χ3n) is 3.40. The van der Waals surface area contributed by atoms with Gasteiger partial charge in [-0.25, -0.2) is 8.78 Å². The van der Waals surface area contributed by atoms with Gasteiger partial charge in [-0.2, -0.15) is 0 Å². The van der Waals surface area contributed by atoms with Crippen molar-refractivity contribution >= 4 is 15.9 Å². The summed E-state index contributed by atoms with van der Waals surface area (Å²) in [4.78, 5) is 2.29. The molecule has 1 aliphatic heterocycles. The van der Waals surface area contributed by atoms with Gasteiger partial charge in [0.2, 0.25) is 0 Å². The molecule has 1 aliphatic rings. The summed E-state index contributed by atoms with van der Waals surface area (Å²) in [6.07, 6.45) is 0. The summed E-state index contributed by atoms with van der Waals surface area (Å²) < 4.78 is 33.0. The number of benzene rings is 1. The van der Waals surface area contributed by atoms with Crippen LogP contribution in [-0.4, -0.2) is 43.8 Å². The Hall–Kier alpha value is -0.560. The SMILES string of the molecule is CC(CN1CCOCC1)NCc1c(F)ccc(Br)c1F. The standard InChI is InChI=1S/C14H19BrF2N2O/c1-10(9-19-4-6-20-7-5-19)18-8-11-13(16)3-2-12(15)14(11)17/h2-3,10,18H,4-9H2,1H3. The highest BCUT2D eigenvalue weighted by Crippen LogP contribution is 2.21. The molecule has 0 spiro atoms. The first-order valence-electron chi connectivity index (χ1n) is 6.74. The fourth-order valence-corrected chi connectivity index (χ4v) is 2.61. The van der Waals surface area contributed by atoms with Crippen LogP contribution in [0.5, 0.6) is 0 Å². The first kappa shape index (κ1) is 15.8. The van der Waals surface area contributed by atoms with Crippen LogP contribution in [-0.2, 0) is 11.3 Å². The van der Waals surface area contributed by atoms with E-state index in [1.807, 2.05) is 6.92 Å². The first-order chi connectivity index (χ1) is 9.58. The molecule has 2 rings (SSSR count). The summed E-state index contributed by atoms with van der Waals surface area (Å²) in [5.41, 5.74) is 0.0770. The van der Waals surface area contributed by atoms with E-state index in [1.165, 1.54) is 12.1 Å². The Bertz CT molecular complexity index is 453. The lowest BCUT2D eigenvalue weighted by molar-refractivity contribution is 0.0343. The number of morpholine rings is 1. The van der Waals surface area contributed by atoms with Gasteiger partial charge in [0.1, 0.15) is 11.6 Å². The third kappa shape index (κ3) is 4.22. The topological polar surface area (TPSA) is 24.5 Å². The lowest BCUT2D eigenvalue weighted by Crippen LogP contribution is -2.44. The molecule has 0 radical (unpaired) electrons. The van der Waals surface area contributed by atoms with Gasteiger partial charge in [0.05, 0.1) is 17.7 Å². The largest absolute Gasteiger partial charge is 0.379 e. The van der Waals surface area contributed by atoms with Crippen molar-refractivity contribution in [2.75, 3.05) is 32.8 Å². The predicted octanol–water partition coefficient (Wildman–Crippen LogP) is 2.54. The molecule has 1 saturated heterocycles. The molecule has 0 aromatic heterocycles. The number of hydrogen-bond acceptors (Lipinski definition) is 3. The molecule has 0 saturated carbocycles. The average Bonchev–Trinajstić information content (AvgIpc) is 2.44. The van der Waals surface area contributed by atoms with E-state index in [-0.39, 0.29) is 22.6 Å². The Morgan fingerprint density at radius 3 is 2.75 bits per heavy atom. The highest BCUT2D eigenvalue weighted by Gasteiger charge is 2.16. The van der Waals surface area contributed by atoms with Gasteiger partial charge in [-0.15, -0.1) is 0 Å². The summed E-state index contributed by atoms with van der Waals surface area (Å²) in [5, 5.41) is 3.17. The number of nitrogens with one attached hydrogen (secondary N) is 1. The van der Waals surface area contributed by atoms with Crippen LogP contribution >= 0.6 is 15.9 Å². The zero-order valence-electron chi connectivity index (χ0n) is 11.5. The highest BCUT2D eigenvalue weighted by atomic mass is 79.9. The Balaban J connectivity index is 1.86. The molecule has 1 heterocycles. The highest BCUT2D eigenvalue weighted by molar-refractivity contribution is 9.10. The molecule has 112 valence electrons. The summed E-state index contributed by atoms with van der Waals surface area (Å²) in [7, 11) is 0. The fourth-order valence-electron chi connectivity index (χ4n) is 2.24. The lowest BCUT2D eigenvalue weighted by Gasteiger charge is -2.29. The molecule has 6 heteroatoms. The van der Waals surface area contributed by atoms with Gasteiger partial charge < -0.3 is 10.1 Å². The summed E-state index contributed by atoms with van der Waals surface area (Å²) in [6, 6.07) is 2.81. The zero-order chi connectivity index (χ0) is 14.5. The van der Waals surface area contributed by atoms with Gasteiger partial charge in [-0.3, -0.25) is 4.90 Å². The molecule has 1 aromatic rings. The minimum absolute atomic E-state index is 0.0770. The Morgan fingerprint density at radius 2 is 2.05 bits per heavy atom. The second-order valence-corrected chi connectivity index (χ2v) is 5.87. The minimum atomic E-state index is -0.531. The van der Waals surface area contributed by atoms with E-state index in [9.17, 15) is 8.78 Å². The van der Waals surface area contributed by atoms with Gasteiger partial charge in [0.15, 0.2) is 0 Å². The van der Waals surface area contributed by atoms with E-state index >= 15 is 0 Å². The van der Waals surface area contributed by atoms with E-state index in [1.54, 1.807) is 0 Å². The summed E-state index contributed by atoms with van der Waals surface area (Å²) >= 11 is 3.08. The van der Waals surface area contributed by atoms with Crippen LogP contribution in [0.3, 0.4) is 0 Å². The molecule has 1 aromatic carbocycles. The van der Waals surface area contributed by atoms with E-state index in [0.29, 0.717) is 0 Å². The van der Waals surface area contributed by atoms with Crippen LogP contribution in [0, 0.1) is 11.6 Å². The molecule has 0 amide bonds. The molecule has 1 fully saturated rings. The van der Waals surface area contributed by atoms with Crippen molar-refractivity contribution < 1.29 is 13.5 Å². The van der Waals surface area contributed by atoms with E-state index in [0.717, 1.165) is 32.8 Å². The number of halogens is 3. The van der Waals surface area contributed by atoms with Crippen molar-refractivity contribution in [1.29, 1.82) is 0 Å². The smallest absolute Gasteiger partial charge is 0.144 e. The van der Waals surface area contributed by atoms with Gasteiger partial charge in [0, 0.05) is 37.8 Å². The average molecular weight is 349 g/mol. The third-order valence-corrected chi connectivity index (χ3v) is 4.01. The maximum Gasteiger partial charge on any atom is 0.144 e. The Morgan fingerprint density at radius 1 is 1.35 bits per heavy atom. The number of ether oxygens (including phenoxy) is 1. The van der Waals surface area contributed by atoms with Gasteiger partial charge in [-0.1, -0.05) is 0 Å². The van der Waals surface area contributed by atoms with Crippen molar-refractivity contribution in [2.24, 2.45) is 0 Å². The van der Waals surface area contributed by atoms with E-state index < -0.39 is 11.6 Å². The Kier molecular flexibility index (Phi) is 5.89. The maximum absolute atomic E-state index is 13.8. The molecule has 1 unspecified atom stereocenters. The molecule has 20 heavy (non-hydrogen) atoms. The van der Waals surface area contributed by atoms with Gasteiger partial charge in [0.25, 0.3) is 0 Å². The Labute approximate surface area is 126 Å². The molecule has 1 N–H and O–H groups in total. The lowest BCUT2D eigenvalue weighted by atomic mass is 10.2. The number of rotatable bonds is 5. The second-order valence-electron chi connectivity index (χ2n) is 5.02. The minimum Gasteiger partial charge on any atom is -0.379 e. The van der Waals surface area contributed by atoms with E-state index in [2.05, 4.69) is 26.1 Å². The molecular weight excluding hydrogens is 330 g/mol. The molecule has 0 bridgehead atoms. The van der Waals surface area contributed by atoms with Crippen LogP contribution in [0.1, 0.15) is 12.5 Å². The van der Waals surface area contributed by atoms with E-state index in [4.69, 9.17) is 4.74 Å². The van der Waals surface area contributed by atoms with Crippen molar-refractivity contribution in [1.82, 2.24) is 10.2 Å². The molecule has 1 atom stereocenters. The maximum atomic E-state index is 13.8. The van der Waals surface area contributed by atoms with Crippen LogP contribution in [0.4, 0.5) is 8.78 Å². The first-order valence-corrected chi connectivity index (χ1v) is 7.53. The van der Waals surface area contributed by atoms with Crippen LogP contribution in [0.15, 0.2) is 16.6 Å². The van der Waals surface area contributed by atoms with Crippen molar-refractivity contribution in [2.45, 2.75) is 19.5 Å². The van der Waals surface area contributed by atoms with Crippen molar-refractivity contribution in [3.63, 3.8) is 0 Å². The van der Waals surface area contributed by atoms with Crippen LogP contribution in [0.2, 0.25) is 0 Å². The van der Waals surface area contributed by atoms with Crippen molar-refractivity contribution in [3.05, 3.63) is 33.8 Å². The number of nitrogens with zero attached hydrogens (tertiary/aromatic N) is 1. The zero-order valence-corrected chi connectivity index (χ0v) is 13.1. The van der Waals surface area contributed by atoms with Gasteiger partial charge >= 0.3 is 0 Å².